The Morgan fingerprint density at radius 2 is 1.82 bits per heavy atom. The summed E-state index contributed by atoms with van der Waals surface area (Å²) in [6.07, 6.45) is -4.66. The van der Waals surface area contributed by atoms with Crippen LogP contribution < -0.4 is 4.90 Å². The number of fused-ring (bicyclic) bond motifs is 1. The quantitative estimate of drug-likeness (QED) is 0.387. The number of amidine groups is 1. The van der Waals surface area contributed by atoms with Gasteiger partial charge in [-0.05, 0) is 63.2 Å². The van der Waals surface area contributed by atoms with Crippen molar-refractivity contribution in [2.45, 2.75) is 32.9 Å². The Morgan fingerprint density at radius 1 is 1.10 bits per heavy atom. The molecule has 11 heteroatoms. The highest BCUT2D eigenvalue weighted by molar-refractivity contribution is 6.14. The zero-order valence-electron chi connectivity index (χ0n) is 21.3. The van der Waals surface area contributed by atoms with Gasteiger partial charge in [-0.25, -0.2) is 4.79 Å². The molecule has 2 unspecified atom stereocenters. The summed E-state index contributed by atoms with van der Waals surface area (Å²) in [4.78, 5) is 27.8. The van der Waals surface area contributed by atoms with Gasteiger partial charge in [0.2, 0.25) is 0 Å². The molecule has 1 N–H and O–H groups in total. The number of hydrogen-bond acceptors (Lipinski definition) is 7. The van der Waals surface area contributed by atoms with Crippen LogP contribution >= 0.6 is 0 Å². The maximum atomic E-state index is 13.5. The molecular formula is C28H24F3N3O5. The molecule has 2 atom stereocenters. The number of furan rings is 1. The van der Waals surface area contributed by atoms with Crippen LogP contribution in [0.1, 0.15) is 43.6 Å². The highest BCUT2D eigenvalue weighted by atomic mass is 19.4. The Balaban J connectivity index is 1.99. The molecule has 202 valence electrons. The zero-order chi connectivity index (χ0) is 28.5. The molecular weight excluding hydrogens is 515 g/mol. The number of allylic oxidation sites excluding steroid dienone is 1. The van der Waals surface area contributed by atoms with Gasteiger partial charge in [-0.1, -0.05) is 6.07 Å². The number of benzene rings is 2. The fourth-order valence-corrected chi connectivity index (χ4v) is 4.70. The van der Waals surface area contributed by atoms with Gasteiger partial charge in [-0.2, -0.15) is 18.4 Å². The summed E-state index contributed by atoms with van der Waals surface area (Å²) in [6, 6.07) is 12.5. The smallest absolute Gasteiger partial charge is 0.416 e. The molecule has 1 aliphatic heterocycles. The molecule has 2 aromatic carbocycles. The fraction of sp³-hybridized carbons (Fsp3) is 0.286. The maximum absolute atomic E-state index is 13.5. The van der Waals surface area contributed by atoms with Crippen LogP contribution in [0, 0.1) is 22.7 Å². The summed E-state index contributed by atoms with van der Waals surface area (Å²) >= 11 is 0. The third-order valence-electron chi connectivity index (χ3n) is 6.34. The first-order valence-electron chi connectivity index (χ1n) is 12.1. The number of alkyl halides is 3. The van der Waals surface area contributed by atoms with E-state index < -0.39 is 41.3 Å². The lowest BCUT2D eigenvalue weighted by molar-refractivity contribution is -0.146. The molecule has 0 radical (unpaired) electrons. The van der Waals surface area contributed by atoms with E-state index in [9.17, 15) is 28.0 Å². The largest absolute Gasteiger partial charge is 0.465 e. The Hall–Kier alpha value is -4.59. The van der Waals surface area contributed by atoms with Crippen molar-refractivity contribution in [1.82, 2.24) is 0 Å². The van der Waals surface area contributed by atoms with Gasteiger partial charge in [0.1, 0.15) is 23.1 Å². The first kappa shape index (κ1) is 27.4. The van der Waals surface area contributed by atoms with E-state index in [0.29, 0.717) is 16.5 Å². The van der Waals surface area contributed by atoms with Crippen LogP contribution in [0.5, 0.6) is 0 Å². The first-order chi connectivity index (χ1) is 18.5. The topological polar surface area (TPSA) is 117 Å². The van der Waals surface area contributed by atoms with E-state index in [1.165, 1.54) is 19.1 Å². The standard InChI is InChI=1S/C28H24F3N3O5/c1-4-37-26(35)22-15(3)34(19-8-6-7-18(13-19)28(29,30)31)25(33)24(27(36)38-5-2)23(22)21-12-17-11-16(14-32)9-10-20(17)39-21/h6-13,23-24,33H,4-5H2,1-3H3. The van der Waals surface area contributed by atoms with Crippen molar-refractivity contribution >= 4 is 34.4 Å². The summed E-state index contributed by atoms with van der Waals surface area (Å²) in [5.41, 5.74) is -0.256. The number of carbonyl (C=O) groups is 2. The molecule has 1 aromatic heterocycles. The second-order valence-corrected chi connectivity index (χ2v) is 8.71. The fourth-order valence-electron chi connectivity index (χ4n) is 4.70. The van der Waals surface area contributed by atoms with E-state index in [0.717, 1.165) is 17.0 Å². The molecule has 3 aromatic rings. The van der Waals surface area contributed by atoms with E-state index in [1.807, 2.05) is 6.07 Å². The number of nitrogens with one attached hydrogen (secondary N) is 1. The molecule has 0 fully saturated rings. The first-order valence-corrected chi connectivity index (χ1v) is 12.1. The van der Waals surface area contributed by atoms with Crippen molar-refractivity contribution in [1.29, 1.82) is 10.7 Å². The second kappa shape index (κ2) is 10.6. The lowest BCUT2D eigenvalue weighted by Crippen LogP contribution is -2.48. The van der Waals surface area contributed by atoms with Gasteiger partial charge in [0.05, 0.1) is 41.9 Å². The van der Waals surface area contributed by atoms with Crippen LogP contribution in [0.2, 0.25) is 0 Å². The third kappa shape index (κ3) is 5.10. The average molecular weight is 540 g/mol. The van der Waals surface area contributed by atoms with E-state index in [-0.39, 0.29) is 35.9 Å². The Labute approximate surface area is 221 Å². The number of halogens is 3. The van der Waals surface area contributed by atoms with Crippen molar-refractivity contribution in [2.75, 3.05) is 18.1 Å². The number of hydrogen-bond donors (Lipinski definition) is 1. The molecule has 8 nitrogen and oxygen atoms in total. The second-order valence-electron chi connectivity index (χ2n) is 8.71. The van der Waals surface area contributed by atoms with Gasteiger partial charge in [0.15, 0.2) is 0 Å². The van der Waals surface area contributed by atoms with Crippen LogP contribution in [-0.2, 0) is 25.2 Å². The molecule has 39 heavy (non-hydrogen) atoms. The number of esters is 2. The molecule has 0 saturated heterocycles. The van der Waals surface area contributed by atoms with Gasteiger partial charge in [0, 0.05) is 16.8 Å². The van der Waals surface area contributed by atoms with Crippen LogP contribution in [0.15, 0.2) is 64.2 Å². The Kier molecular flexibility index (Phi) is 7.49. The molecule has 0 spiro atoms. The van der Waals surface area contributed by atoms with Gasteiger partial charge in [-0.15, -0.1) is 0 Å². The zero-order valence-corrected chi connectivity index (χ0v) is 21.3. The van der Waals surface area contributed by atoms with Crippen molar-refractivity contribution in [2.24, 2.45) is 5.92 Å². The van der Waals surface area contributed by atoms with Gasteiger partial charge >= 0.3 is 18.1 Å². The Bertz CT molecular complexity index is 1530. The predicted octanol–water partition coefficient (Wildman–Crippen LogP) is 5.92. The van der Waals surface area contributed by atoms with Gasteiger partial charge < -0.3 is 18.8 Å². The monoisotopic (exact) mass is 539 g/mol. The van der Waals surface area contributed by atoms with Crippen molar-refractivity contribution < 1.29 is 36.7 Å². The molecule has 2 heterocycles. The third-order valence-corrected chi connectivity index (χ3v) is 6.34. The summed E-state index contributed by atoms with van der Waals surface area (Å²) < 4.78 is 57.1. The minimum Gasteiger partial charge on any atom is -0.465 e. The van der Waals surface area contributed by atoms with Crippen molar-refractivity contribution in [3.05, 3.63) is 76.7 Å². The van der Waals surface area contributed by atoms with Crippen LogP contribution in [0.3, 0.4) is 0 Å². The summed E-state index contributed by atoms with van der Waals surface area (Å²) in [5, 5.41) is 18.8. The SMILES string of the molecule is CCOC(=O)C1=C(C)N(c2cccc(C(F)(F)F)c2)C(=N)C(C(=O)OCC)C1c1cc2cc(C#N)ccc2o1. The molecule has 4 rings (SSSR count). The maximum Gasteiger partial charge on any atom is 0.416 e. The molecule has 0 aliphatic carbocycles. The molecule has 0 bridgehead atoms. The predicted molar refractivity (Wildman–Crippen MR) is 135 cm³/mol. The summed E-state index contributed by atoms with van der Waals surface area (Å²) in [6.45, 7) is 4.57. The van der Waals surface area contributed by atoms with E-state index >= 15 is 0 Å². The van der Waals surface area contributed by atoms with E-state index in [1.54, 1.807) is 38.1 Å². The van der Waals surface area contributed by atoms with Crippen molar-refractivity contribution in [3.63, 3.8) is 0 Å². The van der Waals surface area contributed by atoms with Gasteiger partial charge in [0.25, 0.3) is 0 Å². The van der Waals surface area contributed by atoms with E-state index in [2.05, 4.69) is 0 Å². The molecule has 1 aliphatic rings. The van der Waals surface area contributed by atoms with Crippen molar-refractivity contribution in [3.8, 4) is 6.07 Å². The lowest BCUT2D eigenvalue weighted by Gasteiger charge is -2.39. The number of rotatable bonds is 6. The number of ether oxygens (including phenoxy) is 2. The van der Waals surface area contributed by atoms with Crippen LogP contribution in [0.4, 0.5) is 18.9 Å². The average Bonchev–Trinajstić information content (AvgIpc) is 3.31. The summed E-state index contributed by atoms with van der Waals surface area (Å²) in [5.74, 6) is -4.60. The van der Waals surface area contributed by atoms with Gasteiger partial charge in [-0.3, -0.25) is 10.2 Å². The number of carbonyl (C=O) groups excluding carboxylic acids is 2. The Morgan fingerprint density at radius 3 is 2.46 bits per heavy atom. The minimum atomic E-state index is -4.66. The number of nitrogens with zero attached hydrogens (tertiary/aromatic N) is 2. The van der Waals surface area contributed by atoms with E-state index in [4.69, 9.17) is 19.3 Å². The highest BCUT2D eigenvalue weighted by Crippen LogP contribution is 2.45. The summed E-state index contributed by atoms with van der Waals surface area (Å²) in [7, 11) is 0. The van der Waals surface area contributed by atoms with Crippen LogP contribution in [-0.4, -0.2) is 31.0 Å². The lowest BCUT2D eigenvalue weighted by atomic mass is 9.78. The number of nitriles is 1. The highest BCUT2D eigenvalue weighted by Gasteiger charge is 2.49. The van der Waals surface area contributed by atoms with Crippen LogP contribution in [0.25, 0.3) is 11.0 Å². The minimum absolute atomic E-state index is 0.0148. The number of anilines is 1. The normalized spacial score (nSPS) is 17.8. The molecule has 0 amide bonds. The molecule has 0 saturated carbocycles.